The van der Waals surface area contributed by atoms with Crippen molar-refractivity contribution >= 4 is 45.6 Å². The molecule has 0 bridgehead atoms. The van der Waals surface area contributed by atoms with Gasteiger partial charge in [0.1, 0.15) is 16.8 Å². The maximum absolute atomic E-state index is 12.8. The number of hydrogen-bond acceptors (Lipinski definition) is 7. The number of rotatable bonds is 9. The van der Waals surface area contributed by atoms with Crippen molar-refractivity contribution in [2.24, 2.45) is 5.92 Å². The standard InChI is InChI=1S/C25H26ClN5O2S2/c1-4-10-31-23(16(3)33-18-7-5-6-17(26)12-18)29-30-25(31)34-14-22(32)28-24-20(13-27)19-9-8-15(2)11-21(19)35-24/h4-7,12,15-16H,1,8-11,14H2,2-3H3,(H,28,32). The van der Waals surface area contributed by atoms with E-state index in [0.29, 0.717) is 44.8 Å². The SMILES string of the molecule is C=CCn1c(SCC(=O)Nc2sc3c(c2C#N)CCC(C)C3)nnc1C(C)Oc1cccc(Cl)c1. The Hall–Kier alpha value is -2.80. The summed E-state index contributed by atoms with van der Waals surface area (Å²) in [4.78, 5) is 14.0. The number of nitrogens with one attached hydrogen (secondary N) is 1. The van der Waals surface area contributed by atoms with Crippen LogP contribution in [0.25, 0.3) is 0 Å². The van der Waals surface area contributed by atoms with Gasteiger partial charge in [-0.2, -0.15) is 5.26 Å². The topological polar surface area (TPSA) is 92.8 Å². The quantitative estimate of drug-likeness (QED) is 0.269. The maximum atomic E-state index is 12.8. The van der Waals surface area contributed by atoms with Gasteiger partial charge >= 0.3 is 0 Å². The molecule has 2 heterocycles. The molecule has 1 amide bonds. The zero-order valence-corrected chi connectivity index (χ0v) is 22.0. The van der Waals surface area contributed by atoms with Crippen LogP contribution in [-0.4, -0.2) is 26.4 Å². The molecule has 3 aromatic rings. The van der Waals surface area contributed by atoms with Crippen LogP contribution in [0.2, 0.25) is 5.02 Å². The Bertz CT molecular complexity index is 1280. The van der Waals surface area contributed by atoms with E-state index in [9.17, 15) is 10.1 Å². The monoisotopic (exact) mass is 527 g/mol. The molecule has 0 fully saturated rings. The smallest absolute Gasteiger partial charge is 0.235 e. The Morgan fingerprint density at radius 2 is 2.34 bits per heavy atom. The third kappa shape index (κ3) is 5.89. The van der Waals surface area contributed by atoms with Crippen LogP contribution in [0.3, 0.4) is 0 Å². The number of halogens is 1. The highest BCUT2D eigenvalue weighted by atomic mass is 35.5. The van der Waals surface area contributed by atoms with E-state index in [2.05, 4.69) is 35.1 Å². The number of nitrogens with zero attached hydrogens (tertiary/aromatic N) is 4. The molecule has 0 spiro atoms. The van der Waals surface area contributed by atoms with Crippen LogP contribution in [-0.2, 0) is 24.2 Å². The normalized spacial score (nSPS) is 15.7. The van der Waals surface area contributed by atoms with Crippen LogP contribution in [0.15, 0.2) is 42.1 Å². The van der Waals surface area contributed by atoms with Crippen LogP contribution in [0, 0.1) is 17.2 Å². The van der Waals surface area contributed by atoms with Crippen molar-refractivity contribution in [1.82, 2.24) is 14.8 Å². The number of benzene rings is 1. The lowest BCUT2D eigenvalue weighted by molar-refractivity contribution is -0.113. The number of allylic oxidation sites excluding steroid dienone is 1. The number of fused-ring (bicyclic) bond motifs is 1. The minimum absolute atomic E-state index is 0.142. The molecule has 182 valence electrons. The molecule has 0 saturated carbocycles. The first-order valence-corrected chi connectivity index (χ1v) is 13.5. The van der Waals surface area contributed by atoms with Crippen LogP contribution in [0.1, 0.15) is 48.2 Å². The number of anilines is 1. The van der Waals surface area contributed by atoms with E-state index < -0.39 is 0 Å². The first-order chi connectivity index (χ1) is 16.9. The first kappa shape index (κ1) is 25.3. The highest BCUT2D eigenvalue weighted by Gasteiger charge is 2.25. The van der Waals surface area contributed by atoms with Gasteiger partial charge in [-0.25, -0.2) is 0 Å². The fourth-order valence-corrected chi connectivity index (χ4v) is 6.37. The van der Waals surface area contributed by atoms with E-state index in [0.717, 1.165) is 24.8 Å². The molecule has 0 saturated heterocycles. The summed E-state index contributed by atoms with van der Waals surface area (Å²) in [6, 6.07) is 9.46. The molecule has 2 unspecified atom stereocenters. The third-order valence-corrected chi connectivity index (χ3v) is 8.11. The summed E-state index contributed by atoms with van der Waals surface area (Å²) in [6.45, 7) is 8.41. The lowest BCUT2D eigenvalue weighted by Crippen LogP contribution is -2.15. The number of nitriles is 1. The Balaban J connectivity index is 1.43. The van der Waals surface area contributed by atoms with Crippen LogP contribution < -0.4 is 10.1 Å². The Morgan fingerprint density at radius 1 is 1.51 bits per heavy atom. The maximum Gasteiger partial charge on any atom is 0.235 e. The minimum Gasteiger partial charge on any atom is -0.483 e. The molecule has 7 nitrogen and oxygen atoms in total. The van der Waals surface area contributed by atoms with Gasteiger partial charge in [-0.15, -0.1) is 28.1 Å². The predicted molar refractivity (Wildman–Crippen MR) is 140 cm³/mol. The number of amides is 1. The molecule has 0 aliphatic heterocycles. The average Bonchev–Trinajstić information content (AvgIpc) is 3.37. The number of carbonyl (C=O) groups is 1. The largest absolute Gasteiger partial charge is 0.483 e. The molecule has 2 aromatic heterocycles. The minimum atomic E-state index is -0.387. The lowest BCUT2D eigenvalue weighted by atomic mass is 9.89. The van der Waals surface area contributed by atoms with Crippen LogP contribution in [0.5, 0.6) is 5.75 Å². The van der Waals surface area contributed by atoms with Gasteiger partial charge in [0.05, 0.1) is 11.3 Å². The highest BCUT2D eigenvalue weighted by Crippen LogP contribution is 2.39. The van der Waals surface area contributed by atoms with Crippen molar-refractivity contribution in [3.8, 4) is 11.8 Å². The van der Waals surface area contributed by atoms with Crippen molar-refractivity contribution < 1.29 is 9.53 Å². The van der Waals surface area contributed by atoms with Crippen molar-refractivity contribution in [2.45, 2.75) is 50.9 Å². The van der Waals surface area contributed by atoms with Crippen molar-refractivity contribution in [2.75, 3.05) is 11.1 Å². The summed E-state index contributed by atoms with van der Waals surface area (Å²) in [6.07, 6.45) is 4.29. The number of thiophene rings is 1. The molecule has 1 aliphatic carbocycles. The highest BCUT2D eigenvalue weighted by molar-refractivity contribution is 7.99. The Morgan fingerprint density at radius 3 is 3.09 bits per heavy atom. The fraction of sp³-hybridized carbons (Fsp3) is 0.360. The van der Waals surface area contributed by atoms with E-state index in [-0.39, 0.29) is 17.8 Å². The van der Waals surface area contributed by atoms with E-state index >= 15 is 0 Å². The average molecular weight is 528 g/mol. The summed E-state index contributed by atoms with van der Waals surface area (Å²) in [5.41, 5.74) is 1.71. The molecule has 0 radical (unpaired) electrons. The molecular weight excluding hydrogens is 502 g/mol. The molecule has 2 atom stereocenters. The van der Waals surface area contributed by atoms with Crippen molar-refractivity contribution in [1.29, 1.82) is 5.26 Å². The van der Waals surface area contributed by atoms with Gasteiger partial charge in [0.15, 0.2) is 17.1 Å². The lowest BCUT2D eigenvalue weighted by Gasteiger charge is -2.17. The number of hydrogen-bond donors (Lipinski definition) is 1. The van der Waals surface area contributed by atoms with E-state index in [1.807, 2.05) is 23.6 Å². The third-order valence-electron chi connectivity index (χ3n) is 5.74. The van der Waals surface area contributed by atoms with Gasteiger partial charge in [-0.3, -0.25) is 9.36 Å². The Labute approximate surface area is 218 Å². The molecule has 1 aromatic carbocycles. The van der Waals surface area contributed by atoms with Crippen LogP contribution >= 0.6 is 34.7 Å². The molecular formula is C25H26ClN5O2S2. The Kier molecular flexibility index (Phi) is 8.16. The molecule has 1 N–H and O–H groups in total. The van der Waals surface area contributed by atoms with E-state index in [4.69, 9.17) is 16.3 Å². The molecule has 35 heavy (non-hydrogen) atoms. The predicted octanol–water partition coefficient (Wildman–Crippen LogP) is 6.05. The fourth-order valence-electron chi connectivity index (χ4n) is 4.06. The molecule has 1 aliphatic rings. The second-order valence-corrected chi connectivity index (χ2v) is 10.9. The van der Waals surface area contributed by atoms with E-state index in [1.54, 1.807) is 18.2 Å². The van der Waals surface area contributed by atoms with Gasteiger partial charge in [0.25, 0.3) is 0 Å². The van der Waals surface area contributed by atoms with Crippen molar-refractivity contribution in [3.63, 3.8) is 0 Å². The van der Waals surface area contributed by atoms with Crippen LogP contribution in [0.4, 0.5) is 5.00 Å². The van der Waals surface area contributed by atoms with Gasteiger partial charge in [-0.05, 0) is 55.9 Å². The molecule has 10 heteroatoms. The zero-order valence-electron chi connectivity index (χ0n) is 19.6. The summed E-state index contributed by atoms with van der Waals surface area (Å²) in [5, 5.41) is 23.0. The van der Waals surface area contributed by atoms with E-state index in [1.165, 1.54) is 28.0 Å². The van der Waals surface area contributed by atoms with Gasteiger partial charge in [-0.1, -0.05) is 42.4 Å². The van der Waals surface area contributed by atoms with Gasteiger partial charge in [0.2, 0.25) is 5.91 Å². The second-order valence-electron chi connectivity index (χ2n) is 8.46. The number of ether oxygens (including phenoxy) is 1. The summed E-state index contributed by atoms with van der Waals surface area (Å²) < 4.78 is 7.88. The van der Waals surface area contributed by atoms with Gasteiger partial charge < -0.3 is 10.1 Å². The number of aromatic nitrogens is 3. The number of carbonyl (C=O) groups excluding carboxylic acids is 1. The van der Waals surface area contributed by atoms with Crippen molar-refractivity contribution in [3.05, 3.63) is 63.8 Å². The number of thioether (sulfide) groups is 1. The zero-order chi connectivity index (χ0) is 24.9. The first-order valence-electron chi connectivity index (χ1n) is 11.3. The van der Waals surface area contributed by atoms with Gasteiger partial charge in [0, 0.05) is 16.4 Å². The summed E-state index contributed by atoms with van der Waals surface area (Å²) >= 11 is 8.87. The summed E-state index contributed by atoms with van der Waals surface area (Å²) in [5.74, 6) is 1.81. The molecule has 4 rings (SSSR count). The second kappa shape index (κ2) is 11.3. The summed E-state index contributed by atoms with van der Waals surface area (Å²) in [7, 11) is 0.